The fourth-order valence-corrected chi connectivity index (χ4v) is 4.70. The van der Waals surface area contributed by atoms with Gasteiger partial charge in [0, 0.05) is 46.6 Å². The minimum Gasteiger partial charge on any atom is -0.481 e. The number of imidazole rings is 1. The van der Waals surface area contributed by atoms with Crippen LogP contribution in [0.3, 0.4) is 0 Å². The topological polar surface area (TPSA) is 137 Å². The molecule has 2 aromatic heterocycles. The molecule has 2 unspecified atom stereocenters. The maximum Gasteiger partial charge on any atom is 0.304 e. The Morgan fingerprint density at radius 3 is 2.53 bits per heavy atom. The van der Waals surface area contributed by atoms with E-state index in [4.69, 9.17) is 0 Å². The maximum absolute atomic E-state index is 13.1. The molecule has 0 fully saturated rings. The van der Waals surface area contributed by atoms with Gasteiger partial charge in [0.1, 0.15) is 0 Å². The van der Waals surface area contributed by atoms with Gasteiger partial charge in [0.2, 0.25) is 5.95 Å². The van der Waals surface area contributed by atoms with Crippen molar-refractivity contribution >= 4 is 40.0 Å². The van der Waals surface area contributed by atoms with E-state index >= 15 is 0 Å². The van der Waals surface area contributed by atoms with Crippen LogP contribution < -0.4 is 10.6 Å². The lowest BCUT2D eigenvalue weighted by atomic mass is 10.1. The minimum atomic E-state index is -1.62. The number of carbonyl (C=O) groups excluding carboxylic acids is 1. The molecule has 4 aromatic rings. The van der Waals surface area contributed by atoms with Gasteiger partial charge < -0.3 is 20.7 Å². The molecule has 0 radical (unpaired) electrons. The fourth-order valence-electron chi connectivity index (χ4n) is 3.29. The summed E-state index contributed by atoms with van der Waals surface area (Å²) < 4.78 is 13.1. The second kappa shape index (κ2) is 10.5. The second-order valence-electron chi connectivity index (χ2n) is 7.29. The van der Waals surface area contributed by atoms with E-state index in [-0.39, 0.29) is 12.3 Å². The lowest BCUT2D eigenvalue weighted by molar-refractivity contribution is -0.137. The van der Waals surface area contributed by atoms with Crippen molar-refractivity contribution in [1.29, 1.82) is 0 Å². The SMILES string of the molecule is O=C(O)CC(c1cccnc1)S(=O)c1ccc(NC(=O)c2cccc(Nc3ncc[nH]3)c2)cc1. The number of anilines is 3. The molecular weight excluding hydrogens is 454 g/mol. The van der Waals surface area contributed by atoms with E-state index in [2.05, 4.69) is 25.6 Å². The van der Waals surface area contributed by atoms with Crippen molar-refractivity contribution in [3.8, 4) is 0 Å². The molecular formula is C24H21N5O4S. The third-order valence-corrected chi connectivity index (χ3v) is 6.60. The number of benzene rings is 2. The number of aromatic nitrogens is 3. The quantitative estimate of drug-likeness (QED) is 0.286. The van der Waals surface area contributed by atoms with Crippen LogP contribution in [0.25, 0.3) is 0 Å². The summed E-state index contributed by atoms with van der Waals surface area (Å²) in [5.74, 6) is -0.792. The van der Waals surface area contributed by atoms with E-state index in [9.17, 15) is 18.9 Å². The predicted octanol–water partition coefficient (Wildman–Crippen LogP) is 4.12. The Morgan fingerprint density at radius 1 is 1.03 bits per heavy atom. The molecule has 4 rings (SSSR count). The molecule has 0 spiro atoms. The Morgan fingerprint density at radius 2 is 1.85 bits per heavy atom. The Hall–Kier alpha value is -4.31. The van der Waals surface area contributed by atoms with Crippen molar-refractivity contribution in [3.63, 3.8) is 0 Å². The molecule has 0 saturated carbocycles. The zero-order chi connectivity index (χ0) is 23.9. The highest BCUT2D eigenvalue weighted by Crippen LogP contribution is 2.29. The largest absolute Gasteiger partial charge is 0.481 e. The lowest BCUT2D eigenvalue weighted by Crippen LogP contribution is -2.13. The van der Waals surface area contributed by atoms with Crippen LogP contribution >= 0.6 is 0 Å². The predicted molar refractivity (Wildman–Crippen MR) is 128 cm³/mol. The Bertz CT molecular complexity index is 1290. The molecule has 172 valence electrons. The summed E-state index contributed by atoms with van der Waals surface area (Å²) in [5, 5.41) is 14.4. The van der Waals surface area contributed by atoms with Gasteiger partial charge in [-0.15, -0.1) is 0 Å². The van der Waals surface area contributed by atoms with Gasteiger partial charge in [-0.1, -0.05) is 12.1 Å². The van der Waals surface area contributed by atoms with Crippen molar-refractivity contribution in [1.82, 2.24) is 15.0 Å². The molecule has 10 heteroatoms. The fraction of sp³-hybridized carbons (Fsp3) is 0.0833. The first kappa shape index (κ1) is 22.9. The van der Waals surface area contributed by atoms with Crippen LogP contribution in [0.2, 0.25) is 0 Å². The van der Waals surface area contributed by atoms with Crippen LogP contribution in [-0.2, 0) is 15.6 Å². The second-order valence-corrected chi connectivity index (χ2v) is 8.93. The molecule has 2 atom stereocenters. The molecule has 0 aliphatic carbocycles. The highest BCUT2D eigenvalue weighted by atomic mass is 32.2. The van der Waals surface area contributed by atoms with Crippen LogP contribution in [0.5, 0.6) is 0 Å². The maximum atomic E-state index is 13.1. The number of rotatable bonds is 9. The molecule has 4 N–H and O–H groups in total. The van der Waals surface area contributed by atoms with Crippen LogP contribution in [0.1, 0.15) is 27.6 Å². The van der Waals surface area contributed by atoms with Crippen LogP contribution in [-0.4, -0.2) is 36.1 Å². The van der Waals surface area contributed by atoms with E-state index in [1.807, 2.05) is 6.07 Å². The van der Waals surface area contributed by atoms with E-state index < -0.39 is 22.0 Å². The van der Waals surface area contributed by atoms with E-state index in [0.717, 1.165) is 0 Å². The highest BCUT2D eigenvalue weighted by molar-refractivity contribution is 7.85. The number of carboxylic acid groups (broad SMARTS) is 1. The number of nitrogens with one attached hydrogen (secondary N) is 3. The molecule has 0 bridgehead atoms. The normalized spacial score (nSPS) is 12.5. The van der Waals surface area contributed by atoms with Gasteiger partial charge in [0.15, 0.2) is 0 Å². The average Bonchev–Trinajstić information content (AvgIpc) is 3.36. The monoisotopic (exact) mass is 475 g/mol. The van der Waals surface area contributed by atoms with Crippen LogP contribution in [0.4, 0.5) is 17.3 Å². The van der Waals surface area contributed by atoms with Crippen LogP contribution in [0.15, 0.2) is 90.3 Å². The molecule has 0 aliphatic heterocycles. The highest BCUT2D eigenvalue weighted by Gasteiger charge is 2.24. The smallest absolute Gasteiger partial charge is 0.304 e. The number of aliphatic carboxylic acids is 1. The van der Waals surface area contributed by atoms with E-state index in [1.54, 1.807) is 73.2 Å². The number of hydrogen-bond donors (Lipinski definition) is 4. The summed E-state index contributed by atoms with van der Waals surface area (Å²) in [6.45, 7) is 0. The number of hydrogen-bond acceptors (Lipinski definition) is 6. The summed E-state index contributed by atoms with van der Waals surface area (Å²) in [7, 11) is -1.62. The van der Waals surface area contributed by atoms with Crippen molar-refractivity contribution in [2.45, 2.75) is 16.6 Å². The lowest BCUT2D eigenvalue weighted by Gasteiger charge is -2.15. The average molecular weight is 476 g/mol. The van der Waals surface area contributed by atoms with Crippen molar-refractivity contribution < 1.29 is 18.9 Å². The Labute approximate surface area is 197 Å². The molecule has 34 heavy (non-hydrogen) atoms. The number of aromatic amines is 1. The van der Waals surface area contributed by atoms with Gasteiger partial charge in [0.05, 0.1) is 22.5 Å². The summed E-state index contributed by atoms with van der Waals surface area (Å²) in [6, 6.07) is 16.9. The first-order valence-corrected chi connectivity index (χ1v) is 11.5. The number of nitrogens with zero attached hydrogens (tertiary/aromatic N) is 2. The Balaban J connectivity index is 1.45. The zero-order valence-corrected chi connectivity index (χ0v) is 18.7. The van der Waals surface area contributed by atoms with Gasteiger partial charge in [-0.2, -0.15) is 0 Å². The standard InChI is InChI=1S/C24H21N5O4S/c30-22(31)14-21(17-4-2-10-25-15-17)34(33)20-8-6-18(7-9-20)28-23(32)16-3-1-5-19(13-16)29-24-26-11-12-27-24/h1-13,15,21H,14H2,(H,28,32)(H,30,31)(H2,26,27,29). The first-order valence-electron chi connectivity index (χ1n) is 10.3. The molecule has 2 heterocycles. The Kier molecular flexibility index (Phi) is 7.09. The van der Waals surface area contributed by atoms with Gasteiger partial charge in [-0.25, -0.2) is 4.98 Å². The summed E-state index contributed by atoms with van der Waals surface area (Å²) in [4.78, 5) is 35.5. The van der Waals surface area contributed by atoms with Gasteiger partial charge >= 0.3 is 5.97 Å². The van der Waals surface area contributed by atoms with Crippen LogP contribution in [0, 0.1) is 0 Å². The van der Waals surface area contributed by atoms with E-state index in [0.29, 0.717) is 33.3 Å². The third kappa shape index (κ3) is 5.73. The van der Waals surface area contributed by atoms with Gasteiger partial charge in [0.25, 0.3) is 5.91 Å². The summed E-state index contributed by atoms with van der Waals surface area (Å²) in [6.07, 6.45) is 6.12. The number of carbonyl (C=O) groups is 2. The molecule has 9 nitrogen and oxygen atoms in total. The molecule has 1 amide bonds. The van der Waals surface area contributed by atoms with Crippen molar-refractivity contribution in [2.24, 2.45) is 0 Å². The number of amides is 1. The zero-order valence-electron chi connectivity index (χ0n) is 17.8. The summed E-state index contributed by atoms with van der Waals surface area (Å²) >= 11 is 0. The minimum absolute atomic E-state index is 0.292. The van der Waals surface area contributed by atoms with E-state index in [1.165, 1.54) is 6.20 Å². The number of H-pyrrole nitrogens is 1. The van der Waals surface area contributed by atoms with Crippen molar-refractivity contribution in [2.75, 3.05) is 10.6 Å². The van der Waals surface area contributed by atoms with Crippen molar-refractivity contribution in [3.05, 3.63) is 96.6 Å². The van der Waals surface area contributed by atoms with Gasteiger partial charge in [-0.05, 0) is 54.1 Å². The van der Waals surface area contributed by atoms with Gasteiger partial charge in [-0.3, -0.25) is 18.8 Å². The first-order chi connectivity index (χ1) is 16.5. The summed E-state index contributed by atoms with van der Waals surface area (Å²) in [5.41, 5.74) is 2.26. The third-order valence-electron chi connectivity index (χ3n) is 4.90. The number of carboxylic acids is 1. The molecule has 0 saturated heterocycles. The molecule has 0 aliphatic rings. The number of pyridine rings is 1. The molecule has 2 aromatic carbocycles.